The molecule has 1 amide bonds. The molecule has 10 heteroatoms. The number of aryl methyl sites for hydroxylation is 1. The number of sulfonamides is 1. The lowest BCUT2D eigenvalue weighted by molar-refractivity contribution is 0.1000. The zero-order valence-corrected chi connectivity index (χ0v) is 21.1. The highest BCUT2D eigenvalue weighted by Crippen LogP contribution is 2.32. The monoisotopic (exact) mass is 517 g/mol. The fourth-order valence-corrected chi connectivity index (χ4v) is 5.72. The second kappa shape index (κ2) is 10.3. The Kier molecular flexibility index (Phi) is 6.88. The number of aromatic nitrogens is 2. The molecule has 3 aromatic carbocycles. The highest BCUT2D eigenvalue weighted by atomic mass is 32.2. The predicted octanol–water partition coefficient (Wildman–Crippen LogP) is 3.91. The molecule has 4 aromatic rings. The number of rotatable bonds is 8. The molecule has 2 heterocycles. The summed E-state index contributed by atoms with van der Waals surface area (Å²) < 4.78 is 34.5. The molecular formula is C27H27N5O4S. The van der Waals surface area contributed by atoms with Crippen molar-refractivity contribution in [3.8, 4) is 11.3 Å². The Bertz CT molecular complexity index is 1570. The average molecular weight is 518 g/mol. The summed E-state index contributed by atoms with van der Waals surface area (Å²) in [5, 5.41) is 13.7. The lowest BCUT2D eigenvalue weighted by Gasteiger charge is -2.15. The van der Waals surface area contributed by atoms with E-state index in [1.165, 1.54) is 0 Å². The number of fused-ring (bicyclic) bond motifs is 1. The van der Waals surface area contributed by atoms with Crippen LogP contribution in [0.2, 0.25) is 0 Å². The second-order valence-corrected chi connectivity index (χ2v) is 10.7. The normalized spacial score (nSPS) is 15.6. The van der Waals surface area contributed by atoms with Gasteiger partial charge in [-0.2, -0.15) is 0 Å². The number of primary amides is 1. The molecule has 37 heavy (non-hydrogen) atoms. The van der Waals surface area contributed by atoms with Crippen molar-refractivity contribution in [3.63, 3.8) is 0 Å². The molecule has 0 spiro atoms. The minimum Gasteiger partial charge on any atom is -0.377 e. The number of ether oxygens (including phenoxy) is 1. The Morgan fingerprint density at radius 1 is 1.05 bits per heavy atom. The van der Waals surface area contributed by atoms with E-state index in [0.717, 1.165) is 29.3 Å². The Balaban J connectivity index is 1.48. The summed E-state index contributed by atoms with van der Waals surface area (Å²) >= 11 is 0. The number of anilines is 2. The number of nitrogens with two attached hydrogens (primary N) is 1. The topological polar surface area (TPSA) is 136 Å². The smallest absolute Gasteiger partial charge is 0.248 e. The lowest BCUT2D eigenvalue weighted by Crippen LogP contribution is -2.32. The van der Waals surface area contributed by atoms with Crippen LogP contribution in [0.15, 0.2) is 71.6 Å². The third-order valence-electron chi connectivity index (χ3n) is 6.40. The molecule has 0 saturated carbocycles. The van der Waals surface area contributed by atoms with Gasteiger partial charge in [0.05, 0.1) is 11.0 Å². The average Bonchev–Trinajstić information content (AvgIpc) is 3.42. The van der Waals surface area contributed by atoms with E-state index in [1.54, 1.807) is 43.3 Å². The summed E-state index contributed by atoms with van der Waals surface area (Å²) in [6.45, 7) is 2.68. The van der Waals surface area contributed by atoms with Gasteiger partial charge in [-0.05, 0) is 55.7 Å². The van der Waals surface area contributed by atoms with Crippen molar-refractivity contribution in [1.29, 1.82) is 0 Å². The fraction of sp³-hybridized carbons (Fsp3) is 0.222. The Labute approximate surface area is 215 Å². The maximum Gasteiger partial charge on any atom is 0.248 e. The molecule has 0 radical (unpaired) electrons. The van der Waals surface area contributed by atoms with E-state index in [1.807, 2.05) is 30.3 Å². The molecule has 0 unspecified atom stereocenters. The maximum absolute atomic E-state index is 13.1. The van der Waals surface area contributed by atoms with Crippen LogP contribution < -0.4 is 15.8 Å². The summed E-state index contributed by atoms with van der Waals surface area (Å²) in [5.74, 6) is 0.0343. The minimum absolute atomic E-state index is 0.0971. The van der Waals surface area contributed by atoms with Crippen LogP contribution in [-0.2, 0) is 14.8 Å². The van der Waals surface area contributed by atoms with Crippen molar-refractivity contribution in [3.05, 3.63) is 77.9 Å². The highest BCUT2D eigenvalue weighted by molar-refractivity contribution is 7.89. The van der Waals surface area contributed by atoms with Gasteiger partial charge in [0.1, 0.15) is 5.69 Å². The van der Waals surface area contributed by atoms with E-state index in [0.29, 0.717) is 34.8 Å². The van der Waals surface area contributed by atoms with Crippen LogP contribution in [-0.4, -0.2) is 43.8 Å². The van der Waals surface area contributed by atoms with Gasteiger partial charge in [0.15, 0.2) is 5.82 Å². The molecule has 4 N–H and O–H groups in total. The van der Waals surface area contributed by atoms with Crippen molar-refractivity contribution in [2.24, 2.45) is 5.73 Å². The molecule has 1 atom stereocenters. The van der Waals surface area contributed by atoms with Crippen molar-refractivity contribution in [1.82, 2.24) is 14.9 Å². The SMILES string of the molecule is Cc1ccc(-c2nnc(Nc3ccc(C(N)=O)cc3)c3ccccc23)cc1S(=O)(=O)NC[C@@H]1CCCO1. The molecule has 1 saturated heterocycles. The molecular weight excluding hydrogens is 490 g/mol. The number of benzene rings is 3. The zero-order valence-electron chi connectivity index (χ0n) is 20.3. The van der Waals surface area contributed by atoms with Crippen molar-refractivity contribution in [2.75, 3.05) is 18.5 Å². The first-order valence-corrected chi connectivity index (χ1v) is 13.4. The minimum atomic E-state index is -3.74. The molecule has 1 aliphatic rings. The summed E-state index contributed by atoms with van der Waals surface area (Å²) in [4.78, 5) is 11.6. The van der Waals surface area contributed by atoms with E-state index in [9.17, 15) is 13.2 Å². The van der Waals surface area contributed by atoms with Gasteiger partial charge in [0.2, 0.25) is 15.9 Å². The first-order valence-electron chi connectivity index (χ1n) is 12.0. The van der Waals surface area contributed by atoms with E-state index in [-0.39, 0.29) is 17.5 Å². The van der Waals surface area contributed by atoms with Crippen LogP contribution in [0.5, 0.6) is 0 Å². The molecule has 0 bridgehead atoms. The van der Waals surface area contributed by atoms with Crippen LogP contribution >= 0.6 is 0 Å². The summed E-state index contributed by atoms with van der Waals surface area (Å²) in [5.41, 5.74) is 8.31. The van der Waals surface area contributed by atoms with Crippen LogP contribution in [0.4, 0.5) is 11.5 Å². The Morgan fingerprint density at radius 3 is 2.51 bits per heavy atom. The van der Waals surface area contributed by atoms with Gasteiger partial charge >= 0.3 is 0 Å². The molecule has 1 fully saturated rings. The highest BCUT2D eigenvalue weighted by Gasteiger charge is 2.23. The number of hydrogen-bond acceptors (Lipinski definition) is 7. The van der Waals surface area contributed by atoms with Crippen molar-refractivity contribution in [2.45, 2.75) is 30.8 Å². The first-order chi connectivity index (χ1) is 17.8. The molecule has 1 aliphatic heterocycles. The summed E-state index contributed by atoms with van der Waals surface area (Å²) in [6, 6.07) is 19.6. The quantitative estimate of drug-likeness (QED) is 0.322. The van der Waals surface area contributed by atoms with E-state index >= 15 is 0 Å². The fourth-order valence-electron chi connectivity index (χ4n) is 4.39. The molecule has 190 valence electrons. The van der Waals surface area contributed by atoms with Crippen LogP contribution in [0.3, 0.4) is 0 Å². The first kappa shape index (κ1) is 24.8. The largest absolute Gasteiger partial charge is 0.377 e. The second-order valence-electron chi connectivity index (χ2n) is 8.98. The van der Waals surface area contributed by atoms with Gasteiger partial charge < -0.3 is 15.8 Å². The molecule has 1 aromatic heterocycles. The lowest BCUT2D eigenvalue weighted by atomic mass is 10.0. The Hall–Kier alpha value is -3.86. The van der Waals surface area contributed by atoms with Crippen LogP contribution in [0.25, 0.3) is 22.0 Å². The van der Waals surface area contributed by atoms with Crippen molar-refractivity contribution < 1.29 is 17.9 Å². The van der Waals surface area contributed by atoms with Gasteiger partial charge in [0.25, 0.3) is 0 Å². The van der Waals surface area contributed by atoms with Gasteiger partial charge in [0, 0.05) is 40.7 Å². The van der Waals surface area contributed by atoms with Crippen molar-refractivity contribution >= 4 is 38.2 Å². The number of hydrogen-bond donors (Lipinski definition) is 3. The molecule has 5 rings (SSSR count). The number of carbonyl (C=O) groups excluding carboxylic acids is 1. The van der Waals surface area contributed by atoms with Crippen LogP contribution in [0.1, 0.15) is 28.8 Å². The summed E-state index contributed by atoms with van der Waals surface area (Å²) in [6.07, 6.45) is 1.69. The molecule has 9 nitrogen and oxygen atoms in total. The Morgan fingerprint density at radius 2 is 1.81 bits per heavy atom. The van der Waals surface area contributed by atoms with E-state index < -0.39 is 15.9 Å². The van der Waals surface area contributed by atoms with E-state index in [2.05, 4.69) is 20.2 Å². The van der Waals surface area contributed by atoms with Crippen LogP contribution in [0, 0.1) is 6.92 Å². The van der Waals surface area contributed by atoms with Gasteiger partial charge in [-0.25, -0.2) is 13.1 Å². The standard InChI is InChI=1S/C27H27N5O4S/c1-17-8-9-19(15-24(17)37(34,35)29-16-21-5-4-14-36-21)25-22-6-2-3-7-23(22)27(32-31-25)30-20-12-10-18(11-13-20)26(28)33/h2-3,6-13,15,21,29H,4-5,14,16H2,1H3,(H2,28,33)(H,30,32)/t21-/m0/s1. The number of amides is 1. The predicted molar refractivity (Wildman–Crippen MR) is 142 cm³/mol. The van der Waals surface area contributed by atoms with Gasteiger partial charge in [-0.3, -0.25) is 4.79 Å². The number of nitrogens with one attached hydrogen (secondary N) is 2. The van der Waals surface area contributed by atoms with Gasteiger partial charge in [-0.15, -0.1) is 10.2 Å². The number of carbonyl (C=O) groups is 1. The van der Waals surface area contributed by atoms with E-state index in [4.69, 9.17) is 10.5 Å². The maximum atomic E-state index is 13.1. The zero-order chi connectivity index (χ0) is 26.0. The number of nitrogens with zero attached hydrogens (tertiary/aromatic N) is 2. The third-order valence-corrected chi connectivity index (χ3v) is 7.96. The third kappa shape index (κ3) is 5.31. The van der Waals surface area contributed by atoms with Gasteiger partial charge in [-0.1, -0.05) is 36.4 Å². The molecule has 0 aliphatic carbocycles. The summed E-state index contributed by atoms with van der Waals surface area (Å²) in [7, 11) is -3.74.